The van der Waals surface area contributed by atoms with E-state index in [0.717, 1.165) is 22.5 Å². The van der Waals surface area contributed by atoms with Gasteiger partial charge in [-0.2, -0.15) is 0 Å². The van der Waals surface area contributed by atoms with Gasteiger partial charge < -0.3 is 24.9 Å². The van der Waals surface area contributed by atoms with Crippen LogP contribution in [0.1, 0.15) is 66.9 Å². The molecule has 0 atom stereocenters. The fraction of sp³-hybridized carbons (Fsp3) is 0.292. The minimum Gasteiger partial charge on any atom is -0.486 e. The van der Waals surface area contributed by atoms with Crippen LogP contribution in [0.25, 0.3) is 0 Å². The second-order valence-corrected chi connectivity index (χ2v) is 8.93. The number of amides is 2. The highest BCUT2D eigenvalue weighted by Crippen LogP contribution is 2.34. The van der Waals surface area contributed by atoms with Crippen LogP contribution in [0, 0.1) is 20.8 Å². The monoisotopic (exact) mass is 470 g/mol. The van der Waals surface area contributed by atoms with Crippen LogP contribution in [-0.2, 0) is 11.3 Å². The molecule has 0 bridgehead atoms. The zero-order valence-corrected chi connectivity index (χ0v) is 19.9. The van der Waals surface area contributed by atoms with E-state index >= 15 is 0 Å². The summed E-state index contributed by atoms with van der Waals surface area (Å²) in [4.78, 5) is 37.3. The Kier molecular flexibility index (Phi) is 7.23. The van der Waals surface area contributed by atoms with Crippen molar-refractivity contribution in [2.45, 2.75) is 47.3 Å². The number of nitrogens with two attached hydrogens (primary N) is 1. The van der Waals surface area contributed by atoms with Gasteiger partial charge >= 0.3 is 5.97 Å². The fourth-order valence-electron chi connectivity index (χ4n) is 3.27. The first-order valence-electron chi connectivity index (χ1n) is 10.3. The summed E-state index contributed by atoms with van der Waals surface area (Å²) >= 11 is 0.916. The maximum Gasteiger partial charge on any atom is 0.341 e. The first-order valence-corrected chi connectivity index (χ1v) is 11.1. The Labute approximate surface area is 195 Å². The Bertz CT molecular complexity index is 1190. The average molecular weight is 471 g/mol. The normalized spacial score (nSPS) is 10.8. The van der Waals surface area contributed by atoms with E-state index in [2.05, 4.69) is 5.32 Å². The van der Waals surface area contributed by atoms with Crippen molar-refractivity contribution in [3.63, 3.8) is 0 Å². The molecule has 2 aromatic heterocycles. The van der Waals surface area contributed by atoms with E-state index in [4.69, 9.17) is 19.6 Å². The third-order valence-electron chi connectivity index (χ3n) is 4.61. The number of carbonyl (C=O) groups excluding carboxylic acids is 3. The van der Waals surface area contributed by atoms with Crippen molar-refractivity contribution < 1.29 is 28.3 Å². The van der Waals surface area contributed by atoms with E-state index in [0.29, 0.717) is 17.1 Å². The van der Waals surface area contributed by atoms with Crippen molar-refractivity contribution >= 4 is 34.1 Å². The molecule has 0 spiro atoms. The average Bonchev–Trinajstić information content (AvgIpc) is 3.30. The highest BCUT2D eigenvalue weighted by atomic mass is 32.1. The quantitative estimate of drug-likeness (QED) is 0.458. The van der Waals surface area contributed by atoms with Crippen LogP contribution in [0.2, 0.25) is 0 Å². The van der Waals surface area contributed by atoms with Crippen LogP contribution in [-0.4, -0.2) is 23.9 Å². The molecule has 0 radical (unpaired) electrons. The molecule has 0 aliphatic heterocycles. The summed E-state index contributed by atoms with van der Waals surface area (Å²) in [5.41, 5.74) is 8.04. The third kappa shape index (κ3) is 5.81. The highest BCUT2D eigenvalue weighted by Gasteiger charge is 2.27. The number of furan rings is 1. The van der Waals surface area contributed by atoms with E-state index in [1.807, 2.05) is 32.0 Å². The molecule has 0 fully saturated rings. The maximum atomic E-state index is 12.8. The number of anilines is 1. The minimum absolute atomic E-state index is 0.0314. The molecular weight excluding hydrogens is 444 g/mol. The van der Waals surface area contributed by atoms with Crippen LogP contribution in [0.4, 0.5) is 5.00 Å². The van der Waals surface area contributed by atoms with Crippen LogP contribution in [0.3, 0.4) is 0 Å². The number of rotatable bonds is 8. The lowest BCUT2D eigenvalue weighted by Gasteiger charge is -2.10. The van der Waals surface area contributed by atoms with Crippen LogP contribution in [0.5, 0.6) is 5.75 Å². The van der Waals surface area contributed by atoms with Gasteiger partial charge in [0.25, 0.3) is 11.8 Å². The van der Waals surface area contributed by atoms with Crippen molar-refractivity contribution in [3.8, 4) is 5.75 Å². The minimum atomic E-state index is -0.694. The number of esters is 1. The first kappa shape index (κ1) is 24.1. The van der Waals surface area contributed by atoms with Gasteiger partial charge in [-0.1, -0.05) is 6.07 Å². The topological polar surface area (TPSA) is 121 Å². The van der Waals surface area contributed by atoms with Gasteiger partial charge in [0.2, 0.25) is 0 Å². The highest BCUT2D eigenvalue weighted by molar-refractivity contribution is 7.18. The number of hydrogen-bond acceptors (Lipinski definition) is 7. The Balaban J connectivity index is 1.76. The molecule has 3 aromatic rings. The molecule has 0 unspecified atom stereocenters. The summed E-state index contributed by atoms with van der Waals surface area (Å²) in [5.74, 6) is -0.730. The van der Waals surface area contributed by atoms with E-state index in [-0.39, 0.29) is 33.9 Å². The zero-order valence-electron chi connectivity index (χ0n) is 19.1. The molecule has 3 rings (SSSR count). The van der Waals surface area contributed by atoms with Gasteiger partial charge in [0.05, 0.1) is 16.5 Å². The number of carbonyl (C=O) groups is 3. The second kappa shape index (κ2) is 9.91. The van der Waals surface area contributed by atoms with Gasteiger partial charge in [-0.15, -0.1) is 11.3 Å². The smallest absolute Gasteiger partial charge is 0.341 e. The van der Waals surface area contributed by atoms with Crippen molar-refractivity contribution in [2.24, 2.45) is 5.73 Å². The predicted molar refractivity (Wildman–Crippen MR) is 125 cm³/mol. The summed E-state index contributed by atoms with van der Waals surface area (Å²) in [6, 6.07) is 9.02. The second-order valence-electron chi connectivity index (χ2n) is 7.91. The number of nitrogens with one attached hydrogen (secondary N) is 1. The lowest BCUT2D eigenvalue weighted by Crippen LogP contribution is -2.17. The Morgan fingerprint density at radius 2 is 1.76 bits per heavy atom. The van der Waals surface area contributed by atoms with Crippen molar-refractivity contribution in [2.75, 3.05) is 5.32 Å². The molecule has 2 amide bonds. The number of hydrogen-bond donors (Lipinski definition) is 2. The summed E-state index contributed by atoms with van der Waals surface area (Å²) < 4.78 is 16.6. The Morgan fingerprint density at radius 1 is 1.09 bits per heavy atom. The Morgan fingerprint density at radius 3 is 2.36 bits per heavy atom. The molecule has 9 heteroatoms. The van der Waals surface area contributed by atoms with E-state index in [9.17, 15) is 14.4 Å². The van der Waals surface area contributed by atoms with Crippen molar-refractivity contribution in [1.29, 1.82) is 0 Å². The molecule has 3 N–H and O–H groups in total. The predicted octanol–water partition coefficient (Wildman–Crippen LogP) is 4.76. The lowest BCUT2D eigenvalue weighted by atomic mass is 10.1. The summed E-state index contributed by atoms with van der Waals surface area (Å²) in [6.07, 6.45) is -0.373. The summed E-state index contributed by atoms with van der Waals surface area (Å²) in [6.45, 7) is 9.10. The molecule has 0 aliphatic rings. The SMILES string of the molecule is Cc1cc(C)cc(OCc2ccc(C(=O)Nc3sc(C(N)=O)c(C)c3C(=O)OC(C)C)o2)c1. The molecule has 0 saturated heterocycles. The first-order chi connectivity index (χ1) is 15.5. The van der Waals surface area contributed by atoms with Gasteiger partial charge in [-0.3, -0.25) is 9.59 Å². The molecule has 8 nitrogen and oxygen atoms in total. The van der Waals surface area contributed by atoms with Crippen LogP contribution < -0.4 is 15.8 Å². The molecule has 33 heavy (non-hydrogen) atoms. The third-order valence-corrected chi connectivity index (χ3v) is 5.83. The van der Waals surface area contributed by atoms with Gasteiger partial charge in [-0.05, 0) is 75.6 Å². The molecule has 2 heterocycles. The number of primary amides is 1. The Hall–Kier alpha value is -3.59. The molecule has 1 aromatic carbocycles. The van der Waals surface area contributed by atoms with Gasteiger partial charge in [0, 0.05) is 0 Å². The maximum absolute atomic E-state index is 12.8. The largest absolute Gasteiger partial charge is 0.486 e. The summed E-state index contributed by atoms with van der Waals surface area (Å²) in [5, 5.41) is 2.80. The van der Waals surface area contributed by atoms with E-state index in [1.54, 1.807) is 26.8 Å². The number of benzene rings is 1. The number of aryl methyl sites for hydroxylation is 2. The molecule has 174 valence electrons. The standard InChI is InChI=1S/C24H26N2O6S/c1-12(2)31-24(29)19-15(5)20(21(25)27)33-23(19)26-22(28)18-7-6-16(32-18)11-30-17-9-13(3)8-14(4)10-17/h6-10,12H,11H2,1-5H3,(H2,25,27)(H,26,28). The van der Waals surface area contributed by atoms with Gasteiger partial charge in [0.1, 0.15) is 23.1 Å². The van der Waals surface area contributed by atoms with Crippen LogP contribution >= 0.6 is 11.3 Å². The lowest BCUT2D eigenvalue weighted by molar-refractivity contribution is 0.0379. The molecular formula is C24H26N2O6S. The molecule has 0 aliphatic carbocycles. The number of thiophene rings is 1. The van der Waals surface area contributed by atoms with Crippen molar-refractivity contribution in [1.82, 2.24) is 0 Å². The van der Waals surface area contributed by atoms with Gasteiger partial charge in [0.15, 0.2) is 5.76 Å². The molecule has 0 saturated carbocycles. The fourth-order valence-corrected chi connectivity index (χ4v) is 4.31. The van der Waals surface area contributed by atoms with Gasteiger partial charge in [-0.25, -0.2) is 4.79 Å². The van der Waals surface area contributed by atoms with Crippen molar-refractivity contribution in [3.05, 3.63) is 69.0 Å². The number of ether oxygens (including phenoxy) is 2. The van der Waals surface area contributed by atoms with E-state index < -0.39 is 17.8 Å². The zero-order chi connectivity index (χ0) is 24.3. The summed E-state index contributed by atoms with van der Waals surface area (Å²) in [7, 11) is 0. The van der Waals surface area contributed by atoms with Crippen LogP contribution in [0.15, 0.2) is 34.7 Å². The van der Waals surface area contributed by atoms with E-state index in [1.165, 1.54) is 6.07 Å².